The van der Waals surface area contributed by atoms with Gasteiger partial charge >= 0.3 is 0 Å². The standard InChI is InChI=1S/C35H49N3O4/c1-26-6-3-7-32-34(26)28(23-38(32)33-22-29(40)21-31(24-39)42-33)20-27-8-10-30(11-9-27)41-19-5-16-37-15-4-12-35(25-37)13-17-36(2)18-14-35/h3,6-11,23,29,31,33,39-40H,4-5,12-22,24-25H2,1-2H3/t29?,31?,33-/m1/s1. The van der Waals surface area contributed by atoms with Crippen LogP contribution < -0.4 is 4.74 Å². The molecule has 2 unspecified atom stereocenters. The van der Waals surface area contributed by atoms with Crippen LogP contribution in [0.4, 0.5) is 0 Å². The number of ether oxygens (including phenoxy) is 2. The molecule has 6 rings (SSSR count). The van der Waals surface area contributed by atoms with Gasteiger partial charge in [0.05, 0.1) is 30.9 Å². The minimum Gasteiger partial charge on any atom is -0.494 e. The summed E-state index contributed by atoms with van der Waals surface area (Å²) in [6.45, 7) is 8.94. The highest BCUT2D eigenvalue weighted by atomic mass is 16.5. The number of hydrogen-bond acceptors (Lipinski definition) is 6. The van der Waals surface area contributed by atoms with Crippen molar-refractivity contribution in [3.8, 4) is 5.75 Å². The Morgan fingerprint density at radius 2 is 1.83 bits per heavy atom. The maximum Gasteiger partial charge on any atom is 0.136 e. The molecule has 3 aromatic rings. The number of aryl methyl sites for hydroxylation is 1. The number of likely N-dealkylation sites (tertiary alicyclic amines) is 2. The van der Waals surface area contributed by atoms with E-state index in [0.29, 0.717) is 18.3 Å². The number of aliphatic hydroxyl groups excluding tert-OH is 2. The minimum absolute atomic E-state index is 0.0793. The maximum absolute atomic E-state index is 10.4. The average Bonchev–Trinajstić information content (AvgIpc) is 3.37. The fourth-order valence-corrected chi connectivity index (χ4v) is 7.63. The highest BCUT2D eigenvalue weighted by Crippen LogP contribution is 2.39. The zero-order chi connectivity index (χ0) is 29.1. The summed E-state index contributed by atoms with van der Waals surface area (Å²) in [4.78, 5) is 5.16. The lowest BCUT2D eigenvalue weighted by Gasteiger charge is -2.47. The quantitative estimate of drug-likeness (QED) is 0.344. The maximum atomic E-state index is 10.4. The van der Waals surface area contributed by atoms with Crippen LogP contribution in [0.2, 0.25) is 0 Å². The summed E-state index contributed by atoms with van der Waals surface area (Å²) >= 11 is 0. The van der Waals surface area contributed by atoms with Crippen molar-refractivity contribution in [2.75, 3.05) is 53.0 Å². The number of rotatable bonds is 9. The first-order valence-electron chi connectivity index (χ1n) is 16.1. The van der Waals surface area contributed by atoms with Gasteiger partial charge in [-0.25, -0.2) is 0 Å². The van der Waals surface area contributed by atoms with Crippen molar-refractivity contribution in [2.24, 2.45) is 5.41 Å². The average molecular weight is 576 g/mol. The summed E-state index contributed by atoms with van der Waals surface area (Å²) in [5.41, 5.74) is 5.37. The van der Waals surface area contributed by atoms with Crippen molar-refractivity contribution in [3.05, 3.63) is 65.4 Å². The number of nitrogens with zero attached hydrogens (tertiary/aromatic N) is 3. The molecule has 7 heteroatoms. The lowest BCUT2D eigenvalue weighted by molar-refractivity contribution is -0.140. The van der Waals surface area contributed by atoms with E-state index >= 15 is 0 Å². The third-order valence-corrected chi connectivity index (χ3v) is 10.0. The molecule has 0 saturated carbocycles. The van der Waals surface area contributed by atoms with Gasteiger partial charge in [0.15, 0.2) is 0 Å². The molecule has 0 bridgehead atoms. The molecule has 0 amide bonds. The predicted molar refractivity (Wildman–Crippen MR) is 167 cm³/mol. The largest absolute Gasteiger partial charge is 0.494 e. The summed E-state index contributed by atoms with van der Waals surface area (Å²) in [6, 6.07) is 14.9. The number of aromatic nitrogens is 1. The van der Waals surface area contributed by atoms with E-state index in [0.717, 1.165) is 37.3 Å². The third kappa shape index (κ3) is 6.71. The van der Waals surface area contributed by atoms with Crippen LogP contribution in [0.1, 0.15) is 67.9 Å². The number of aliphatic hydroxyl groups is 2. The van der Waals surface area contributed by atoms with Crippen molar-refractivity contribution in [2.45, 2.75) is 76.7 Å². The van der Waals surface area contributed by atoms with Crippen molar-refractivity contribution in [3.63, 3.8) is 0 Å². The first-order valence-corrected chi connectivity index (χ1v) is 16.1. The smallest absolute Gasteiger partial charge is 0.136 e. The number of fused-ring (bicyclic) bond motifs is 1. The number of benzene rings is 2. The molecule has 1 aromatic heterocycles. The van der Waals surface area contributed by atoms with E-state index in [9.17, 15) is 10.2 Å². The van der Waals surface area contributed by atoms with E-state index in [2.05, 4.69) is 77.0 Å². The van der Waals surface area contributed by atoms with Gasteiger partial charge in [0.2, 0.25) is 0 Å². The summed E-state index contributed by atoms with van der Waals surface area (Å²) in [5, 5.41) is 21.3. The monoisotopic (exact) mass is 575 g/mol. The Kier molecular flexibility index (Phi) is 9.22. The fraction of sp³-hybridized carbons (Fsp3) is 0.600. The van der Waals surface area contributed by atoms with E-state index in [1.807, 2.05) is 0 Å². The van der Waals surface area contributed by atoms with Gasteiger partial charge in [0, 0.05) is 37.5 Å². The molecule has 3 saturated heterocycles. The molecular formula is C35H49N3O4. The van der Waals surface area contributed by atoms with Crippen LogP contribution in [-0.2, 0) is 11.2 Å². The van der Waals surface area contributed by atoms with Gasteiger partial charge in [0.25, 0.3) is 0 Å². The molecule has 3 aliphatic rings. The first-order chi connectivity index (χ1) is 20.4. The number of piperidine rings is 2. The Bertz CT molecular complexity index is 1310. The van der Waals surface area contributed by atoms with Gasteiger partial charge in [-0.2, -0.15) is 0 Å². The highest BCUT2D eigenvalue weighted by molar-refractivity contribution is 5.87. The highest BCUT2D eigenvalue weighted by Gasteiger charge is 2.37. The Morgan fingerprint density at radius 1 is 1.02 bits per heavy atom. The Balaban J connectivity index is 1.05. The molecule has 42 heavy (non-hydrogen) atoms. The van der Waals surface area contributed by atoms with Gasteiger partial charge in [-0.05, 0) is 112 Å². The summed E-state index contributed by atoms with van der Waals surface area (Å²) in [5.74, 6) is 0.933. The van der Waals surface area contributed by atoms with Crippen molar-refractivity contribution >= 4 is 10.9 Å². The zero-order valence-corrected chi connectivity index (χ0v) is 25.5. The summed E-state index contributed by atoms with van der Waals surface area (Å²) in [6.07, 6.45) is 9.38. The van der Waals surface area contributed by atoms with Gasteiger partial charge in [-0.3, -0.25) is 0 Å². The van der Waals surface area contributed by atoms with E-state index in [1.54, 1.807) is 0 Å². The van der Waals surface area contributed by atoms with Gasteiger partial charge in [0.1, 0.15) is 12.0 Å². The molecule has 228 valence electrons. The Labute approximate surface area is 251 Å². The van der Waals surface area contributed by atoms with Gasteiger partial charge in [-0.1, -0.05) is 24.3 Å². The summed E-state index contributed by atoms with van der Waals surface area (Å²) in [7, 11) is 2.26. The molecule has 7 nitrogen and oxygen atoms in total. The second-order valence-corrected chi connectivity index (χ2v) is 13.3. The molecule has 3 fully saturated rings. The van der Waals surface area contributed by atoms with Crippen molar-refractivity contribution in [1.29, 1.82) is 0 Å². The molecule has 4 heterocycles. The van der Waals surface area contributed by atoms with E-state index in [-0.39, 0.29) is 18.9 Å². The number of hydrogen-bond donors (Lipinski definition) is 2. The summed E-state index contributed by atoms with van der Waals surface area (Å²) < 4.78 is 14.5. The van der Waals surface area contributed by atoms with E-state index in [4.69, 9.17) is 9.47 Å². The minimum atomic E-state index is -0.477. The second-order valence-electron chi connectivity index (χ2n) is 13.3. The molecule has 2 aromatic carbocycles. The molecule has 3 aliphatic heterocycles. The van der Waals surface area contributed by atoms with Crippen LogP contribution in [0.15, 0.2) is 48.7 Å². The lowest BCUT2D eigenvalue weighted by Crippen LogP contribution is -2.49. The van der Waals surface area contributed by atoms with Crippen LogP contribution in [0.5, 0.6) is 5.75 Å². The van der Waals surface area contributed by atoms with Crippen LogP contribution in [0, 0.1) is 12.3 Å². The van der Waals surface area contributed by atoms with Crippen LogP contribution in [0.3, 0.4) is 0 Å². The molecular weight excluding hydrogens is 526 g/mol. The van der Waals surface area contributed by atoms with Crippen LogP contribution in [-0.4, -0.2) is 89.8 Å². The third-order valence-electron chi connectivity index (χ3n) is 10.0. The Hall–Kier alpha value is -2.42. The van der Waals surface area contributed by atoms with E-state index in [1.165, 1.54) is 73.9 Å². The SMILES string of the molecule is Cc1cccc2c1c(Cc1ccc(OCCCN3CCCC4(CCN(C)CC4)C3)cc1)cn2[C@H]1CC(O)CC(CO)O1. The van der Waals surface area contributed by atoms with Crippen LogP contribution in [0.25, 0.3) is 10.9 Å². The zero-order valence-electron chi connectivity index (χ0n) is 25.5. The fourth-order valence-electron chi connectivity index (χ4n) is 7.63. The molecule has 0 aliphatic carbocycles. The van der Waals surface area contributed by atoms with Crippen molar-refractivity contribution < 1.29 is 19.7 Å². The van der Waals surface area contributed by atoms with Crippen LogP contribution >= 0.6 is 0 Å². The topological polar surface area (TPSA) is 70.3 Å². The molecule has 3 atom stereocenters. The molecule has 1 spiro atoms. The second kappa shape index (κ2) is 13.1. The van der Waals surface area contributed by atoms with E-state index < -0.39 is 6.10 Å². The normalized spacial score (nSPS) is 25.3. The first kappa shape index (κ1) is 29.6. The van der Waals surface area contributed by atoms with Crippen molar-refractivity contribution in [1.82, 2.24) is 14.4 Å². The molecule has 2 N–H and O–H groups in total. The lowest BCUT2D eigenvalue weighted by atomic mass is 9.72. The van der Waals surface area contributed by atoms with Gasteiger partial charge in [-0.15, -0.1) is 0 Å². The van der Waals surface area contributed by atoms with Gasteiger partial charge < -0.3 is 34.1 Å². The Morgan fingerprint density at radius 3 is 2.62 bits per heavy atom. The molecule has 0 radical (unpaired) electrons. The predicted octanol–water partition coefficient (Wildman–Crippen LogP) is 5.15.